The van der Waals surface area contributed by atoms with Gasteiger partial charge in [0.1, 0.15) is 5.75 Å². The topological polar surface area (TPSA) is 18.5 Å². The number of hydrogen-bond acceptors (Lipinski definition) is 2. The predicted octanol–water partition coefficient (Wildman–Crippen LogP) is 5.66. The lowest BCUT2D eigenvalue weighted by Gasteiger charge is -2.09. The van der Waals surface area contributed by atoms with E-state index in [0.29, 0.717) is 6.42 Å². The summed E-state index contributed by atoms with van der Waals surface area (Å²) in [5.74, 6) is -10.2. The van der Waals surface area contributed by atoms with E-state index in [1.165, 1.54) is 18.9 Å². The number of ether oxygens (including phenoxy) is 2. The third-order valence-electron chi connectivity index (χ3n) is 4.42. The second kappa shape index (κ2) is 15.9. The summed E-state index contributed by atoms with van der Waals surface area (Å²) in [7, 11) is 0.184. The molecule has 0 bridgehead atoms. The quantitative estimate of drug-likeness (QED) is 0.129. The van der Waals surface area contributed by atoms with Crippen molar-refractivity contribution < 1.29 is 31.4 Å². The summed E-state index contributed by atoms with van der Waals surface area (Å²) >= 11 is 0. The molecule has 0 atom stereocenters. The lowest BCUT2D eigenvalue weighted by molar-refractivity contribution is 0.258. The summed E-state index contributed by atoms with van der Waals surface area (Å²) < 4.78 is 74.8. The van der Waals surface area contributed by atoms with Crippen LogP contribution >= 0.6 is 0 Å². The first kappa shape index (κ1) is 27.2. The Morgan fingerprint density at radius 1 is 0.613 bits per heavy atom. The zero-order chi connectivity index (χ0) is 23.1. The molecule has 0 amide bonds. The van der Waals surface area contributed by atoms with Crippen LogP contribution < -0.4 is 9.47 Å². The summed E-state index contributed by atoms with van der Waals surface area (Å²) in [5, 5.41) is 0. The molecule has 0 saturated heterocycles. The maximum atomic E-state index is 13.1. The zero-order valence-corrected chi connectivity index (χ0v) is 21.0. The van der Waals surface area contributed by atoms with Crippen LogP contribution in [-0.2, 0) is 0 Å². The fraction of sp³-hybridized carbons (Fsp3) is 0.455. The molecule has 2 aromatic rings. The molecule has 31 heavy (non-hydrogen) atoms. The van der Waals surface area contributed by atoms with E-state index >= 15 is 0 Å². The Labute approximate surface area is 185 Å². The lowest BCUT2D eigenvalue weighted by Crippen LogP contribution is -2.08. The molecular formula is C22H31F5O2Si2. The van der Waals surface area contributed by atoms with Crippen molar-refractivity contribution in [2.45, 2.75) is 50.9 Å². The fourth-order valence-corrected chi connectivity index (χ4v) is 4.36. The molecule has 0 heterocycles. The minimum atomic E-state index is -2.17. The molecule has 174 valence electrons. The van der Waals surface area contributed by atoms with E-state index in [9.17, 15) is 22.0 Å². The van der Waals surface area contributed by atoms with E-state index in [-0.39, 0.29) is 25.6 Å². The van der Waals surface area contributed by atoms with Crippen LogP contribution in [0.3, 0.4) is 0 Å². The molecule has 0 saturated carbocycles. The molecular weight excluding hydrogens is 447 g/mol. The van der Waals surface area contributed by atoms with Crippen LogP contribution in [0.2, 0.25) is 25.2 Å². The van der Waals surface area contributed by atoms with Gasteiger partial charge in [-0.05, 0) is 25.0 Å². The molecule has 0 unspecified atom stereocenters. The van der Waals surface area contributed by atoms with Gasteiger partial charge in [-0.25, -0.2) is 13.2 Å². The largest absolute Gasteiger partial charge is 0.494 e. The van der Waals surface area contributed by atoms with Gasteiger partial charge >= 0.3 is 0 Å². The predicted molar refractivity (Wildman–Crippen MR) is 121 cm³/mol. The summed E-state index contributed by atoms with van der Waals surface area (Å²) in [5.41, 5.74) is 0. The monoisotopic (exact) mass is 478 g/mol. The summed E-state index contributed by atoms with van der Waals surface area (Å²) in [4.78, 5) is 0. The number of benzene rings is 2. The van der Waals surface area contributed by atoms with E-state index in [1.54, 1.807) is 0 Å². The van der Waals surface area contributed by atoms with Crippen molar-refractivity contribution in [3.63, 3.8) is 0 Å². The SMILES string of the molecule is C[SiH2]CCCCOc1c(F)c(F)c(F)c(F)c1F.C[SiH2]CCCCOc1ccccc1. The molecule has 0 fully saturated rings. The Bertz CT molecular complexity index is 734. The van der Waals surface area contributed by atoms with Gasteiger partial charge in [0.25, 0.3) is 0 Å². The van der Waals surface area contributed by atoms with Gasteiger partial charge in [0.15, 0.2) is 5.75 Å². The van der Waals surface area contributed by atoms with E-state index in [4.69, 9.17) is 4.74 Å². The Hall–Kier alpha value is -1.88. The second-order valence-corrected chi connectivity index (χ2v) is 10.4. The Balaban J connectivity index is 0.000000327. The zero-order valence-electron chi connectivity index (χ0n) is 18.2. The third kappa shape index (κ3) is 9.86. The highest BCUT2D eigenvalue weighted by atomic mass is 28.2. The fourth-order valence-electron chi connectivity index (χ4n) is 2.65. The third-order valence-corrected chi connectivity index (χ3v) is 6.84. The lowest BCUT2D eigenvalue weighted by atomic mass is 10.2. The Kier molecular flexibility index (Phi) is 13.9. The van der Waals surface area contributed by atoms with Gasteiger partial charge in [-0.15, -0.1) is 0 Å². The molecule has 0 N–H and O–H groups in total. The van der Waals surface area contributed by atoms with Gasteiger partial charge in [0.05, 0.1) is 13.2 Å². The molecule has 0 spiro atoms. The van der Waals surface area contributed by atoms with Crippen LogP contribution in [0, 0.1) is 29.1 Å². The number of rotatable bonds is 12. The number of halogens is 5. The van der Waals surface area contributed by atoms with Crippen LogP contribution in [-0.4, -0.2) is 32.3 Å². The van der Waals surface area contributed by atoms with Crippen molar-refractivity contribution in [3.05, 3.63) is 59.4 Å². The maximum Gasteiger partial charge on any atom is 0.206 e. The van der Waals surface area contributed by atoms with E-state index in [2.05, 4.69) is 17.8 Å². The van der Waals surface area contributed by atoms with Crippen LogP contribution in [0.25, 0.3) is 0 Å². The van der Waals surface area contributed by atoms with Gasteiger partial charge < -0.3 is 9.47 Å². The molecule has 9 heteroatoms. The number of hydrogen-bond donors (Lipinski definition) is 0. The minimum Gasteiger partial charge on any atom is -0.494 e. The van der Waals surface area contributed by atoms with Crippen LogP contribution in [0.1, 0.15) is 25.7 Å². The van der Waals surface area contributed by atoms with Gasteiger partial charge in [0.2, 0.25) is 29.1 Å². The Morgan fingerprint density at radius 3 is 1.55 bits per heavy atom. The summed E-state index contributed by atoms with van der Waals surface area (Å²) in [6.07, 6.45) is 3.91. The average molecular weight is 479 g/mol. The van der Waals surface area contributed by atoms with E-state index < -0.39 is 34.8 Å². The van der Waals surface area contributed by atoms with Crippen LogP contribution in [0.4, 0.5) is 22.0 Å². The van der Waals surface area contributed by atoms with Gasteiger partial charge in [-0.2, -0.15) is 8.78 Å². The normalized spacial score (nSPS) is 11.2. The van der Waals surface area contributed by atoms with Gasteiger partial charge in [-0.1, -0.05) is 56.2 Å². The van der Waals surface area contributed by atoms with E-state index in [1.807, 2.05) is 30.3 Å². The number of unbranched alkanes of at least 4 members (excludes halogenated alkanes) is 2. The smallest absolute Gasteiger partial charge is 0.206 e. The van der Waals surface area contributed by atoms with Gasteiger partial charge in [-0.3, -0.25) is 0 Å². The van der Waals surface area contributed by atoms with Crippen molar-refractivity contribution >= 4 is 19.0 Å². The number of para-hydroxylation sites is 1. The molecule has 0 aliphatic heterocycles. The standard InChI is InChI=1S/C11H13F5OSi.C11H18OSi/c1-18-5-3-2-4-17-11-9(15)7(13)6(12)8(14)10(11)16;1-13-10-6-5-9-12-11-7-3-2-4-8-11/h2-5,18H2,1H3;2-4,7-8H,5-6,9-10,13H2,1H3. The average Bonchev–Trinajstić information content (AvgIpc) is 2.79. The van der Waals surface area contributed by atoms with Crippen molar-refractivity contribution in [2.75, 3.05) is 13.2 Å². The first-order valence-corrected chi connectivity index (χ1v) is 15.6. The molecule has 2 nitrogen and oxygen atoms in total. The minimum absolute atomic E-state index is 0.0627. The van der Waals surface area contributed by atoms with Crippen molar-refractivity contribution in [1.82, 2.24) is 0 Å². The van der Waals surface area contributed by atoms with E-state index in [0.717, 1.165) is 24.8 Å². The van der Waals surface area contributed by atoms with Crippen molar-refractivity contribution in [3.8, 4) is 11.5 Å². The second-order valence-electron chi connectivity index (χ2n) is 7.03. The van der Waals surface area contributed by atoms with Crippen LogP contribution in [0.15, 0.2) is 30.3 Å². The van der Waals surface area contributed by atoms with Crippen LogP contribution in [0.5, 0.6) is 11.5 Å². The first-order valence-electron chi connectivity index (χ1n) is 10.8. The molecule has 0 aromatic heterocycles. The maximum absolute atomic E-state index is 13.1. The highest BCUT2D eigenvalue weighted by molar-refractivity contribution is 6.33. The van der Waals surface area contributed by atoms with Gasteiger partial charge in [0, 0.05) is 19.0 Å². The molecule has 0 aliphatic carbocycles. The van der Waals surface area contributed by atoms with Crippen molar-refractivity contribution in [1.29, 1.82) is 0 Å². The highest BCUT2D eigenvalue weighted by Crippen LogP contribution is 2.29. The highest BCUT2D eigenvalue weighted by Gasteiger charge is 2.26. The first-order chi connectivity index (χ1) is 14.9. The molecule has 0 aliphatic rings. The molecule has 2 rings (SSSR count). The Morgan fingerprint density at radius 2 is 1.06 bits per heavy atom. The van der Waals surface area contributed by atoms with Crippen molar-refractivity contribution in [2.24, 2.45) is 0 Å². The molecule has 0 radical (unpaired) electrons. The molecule has 2 aromatic carbocycles. The summed E-state index contributed by atoms with van der Waals surface area (Å²) in [6.45, 7) is 5.29. The summed E-state index contributed by atoms with van der Waals surface area (Å²) in [6, 6.07) is 12.6.